The van der Waals surface area contributed by atoms with Crippen LogP contribution in [0.15, 0.2) is 0 Å². The second-order valence-electron chi connectivity index (χ2n) is 4.03. The lowest BCUT2D eigenvalue weighted by Crippen LogP contribution is -2.37. The summed E-state index contributed by atoms with van der Waals surface area (Å²) in [5.41, 5.74) is 0. The molecule has 2 saturated carbocycles. The van der Waals surface area contributed by atoms with Crippen molar-refractivity contribution in [2.75, 3.05) is 0 Å². The molecule has 3 heteroatoms. The largest absolute Gasteiger partial charge is 0.391 e. The lowest BCUT2D eigenvalue weighted by molar-refractivity contribution is -0.122. The number of carbonyl (C=O) groups excluding carboxylic acids is 1. The molecule has 0 aromatic heterocycles. The number of carbonyl (C=O) groups is 1. The van der Waals surface area contributed by atoms with Gasteiger partial charge in [-0.15, -0.1) is 0 Å². The van der Waals surface area contributed by atoms with Crippen LogP contribution in [0.1, 0.15) is 12.8 Å². The Labute approximate surface area is 64.8 Å². The molecule has 11 heavy (non-hydrogen) atoms. The third-order valence-corrected chi connectivity index (χ3v) is 3.61. The predicted octanol–water partition coefficient (Wildman–Crippen LogP) is -0.498. The standard InChI is InChI=1S/C8H11NO2/c10-7-3-1-4-5(2-3)8(11)9-6(4)7/h3-7,10H,1-2H2,(H,9,11). The molecule has 0 spiro atoms. The molecule has 2 aliphatic carbocycles. The zero-order chi connectivity index (χ0) is 7.59. The van der Waals surface area contributed by atoms with Gasteiger partial charge in [-0.05, 0) is 24.7 Å². The van der Waals surface area contributed by atoms with Crippen LogP contribution in [-0.2, 0) is 4.79 Å². The van der Waals surface area contributed by atoms with Gasteiger partial charge in [-0.3, -0.25) is 4.79 Å². The van der Waals surface area contributed by atoms with Crippen LogP contribution in [-0.4, -0.2) is 23.2 Å². The minimum absolute atomic E-state index is 0.103. The van der Waals surface area contributed by atoms with Crippen molar-refractivity contribution >= 4 is 5.91 Å². The van der Waals surface area contributed by atoms with Gasteiger partial charge in [0.25, 0.3) is 0 Å². The van der Waals surface area contributed by atoms with Crippen molar-refractivity contribution in [2.45, 2.75) is 25.0 Å². The molecule has 5 atom stereocenters. The highest BCUT2D eigenvalue weighted by Gasteiger charge is 2.59. The van der Waals surface area contributed by atoms with E-state index in [1.165, 1.54) is 0 Å². The van der Waals surface area contributed by atoms with E-state index in [4.69, 9.17) is 0 Å². The van der Waals surface area contributed by atoms with Crippen molar-refractivity contribution in [1.29, 1.82) is 0 Å². The van der Waals surface area contributed by atoms with Crippen molar-refractivity contribution in [1.82, 2.24) is 5.32 Å². The third kappa shape index (κ3) is 0.527. The second kappa shape index (κ2) is 1.61. The predicted molar refractivity (Wildman–Crippen MR) is 37.6 cm³/mol. The first-order valence-corrected chi connectivity index (χ1v) is 4.26. The molecular weight excluding hydrogens is 142 g/mol. The summed E-state index contributed by atoms with van der Waals surface area (Å²) in [6.45, 7) is 0. The summed E-state index contributed by atoms with van der Waals surface area (Å²) in [4.78, 5) is 11.2. The molecule has 3 rings (SSSR count). The number of nitrogens with one attached hydrogen (secondary N) is 1. The summed E-state index contributed by atoms with van der Waals surface area (Å²) >= 11 is 0. The van der Waals surface area contributed by atoms with E-state index in [-0.39, 0.29) is 24.0 Å². The molecule has 3 nitrogen and oxygen atoms in total. The summed E-state index contributed by atoms with van der Waals surface area (Å²) in [6, 6.07) is 0.103. The molecule has 3 aliphatic rings. The van der Waals surface area contributed by atoms with Gasteiger partial charge in [-0.2, -0.15) is 0 Å². The maximum absolute atomic E-state index is 11.2. The summed E-state index contributed by atoms with van der Waals surface area (Å²) in [5, 5.41) is 12.5. The van der Waals surface area contributed by atoms with E-state index in [1.807, 2.05) is 0 Å². The van der Waals surface area contributed by atoms with E-state index in [1.54, 1.807) is 0 Å². The molecule has 3 fully saturated rings. The van der Waals surface area contributed by atoms with E-state index in [0.29, 0.717) is 11.8 Å². The molecule has 0 aromatic rings. The first kappa shape index (κ1) is 6.00. The quantitative estimate of drug-likeness (QED) is 0.493. The van der Waals surface area contributed by atoms with E-state index in [0.717, 1.165) is 12.8 Å². The molecule has 1 amide bonds. The van der Waals surface area contributed by atoms with Crippen LogP contribution < -0.4 is 5.32 Å². The Balaban J connectivity index is 2.04. The van der Waals surface area contributed by atoms with Gasteiger partial charge in [0, 0.05) is 5.92 Å². The van der Waals surface area contributed by atoms with Crippen LogP contribution in [0.25, 0.3) is 0 Å². The Kier molecular flexibility index (Phi) is 0.876. The Morgan fingerprint density at radius 1 is 1.45 bits per heavy atom. The molecule has 2 N–H and O–H groups in total. The maximum Gasteiger partial charge on any atom is 0.223 e. The number of hydrogen-bond donors (Lipinski definition) is 2. The minimum atomic E-state index is -0.248. The van der Waals surface area contributed by atoms with E-state index in [9.17, 15) is 9.90 Å². The molecule has 2 bridgehead atoms. The van der Waals surface area contributed by atoms with Gasteiger partial charge in [0.2, 0.25) is 5.91 Å². The monoisotopic (exact) mass is 153 g/mol. The van der Waals surface area contributed by atoms with Crippen LogP contribution >= 0.6 is 0 Å². The van der Waals surface area contributed by atoms with Crippen LogP contribution in [0.5, 0.6) is 0 Å². The topological polar surface area (TPSA) is 49.3 Å². The fourth-order valence-electron chi connectivity index (χ4n) is 3.10. The second-order valence-corrected chi connectivity index (χ2v) is 4.03. The van der Waals surface area contributed by atoms with Gasteiger partial charge in [0.15, 0.2) is 0 Å². The summed E-state index contributed by atoms with van der Waals surface area (Å²) in [5.74, 6) is 1.30. The minimum Gasteiger partial charge on any atom is -0.391 e. The molecular formula is C8H11NO2. The first-order chi connectivity index (χ1) is 5.27. The number of rotatable bonds is 0. The third-order valence-electron chi connectivity index (χ3n) is 3.61. The van der Waals surface area contributed by atoms with E-state index in [2.05, 4.69) is 5.32 Å². The Bertz CT molecular complexity index is 228. The molecule has 1 aliphatic heterocycles. The van der Waals surface area contributed by atoms with Crippen LogP contribution in [0.2, 0.25) is 0 Å². The Hall–Kier alpha value is -0.570. The zero-order valence-corrected chi connectivity index (χ0v) is 6.16. The Morgan fingerprint density at radius 3 is 2.91 bits per heavy atom. The maximum atomic E-state index is 11.2. The normalized spacial score (nSPS) is 58.6. The average molecular weight is 153 g/mol. The molecule has 1 saturated heterocycles. The molecule has 5 unspecified atom stereocenters. The fraction of sp³-hybridized carbons (Fsp3) is 0.875. The van der Waals surface area contributed by atoms with Gasteiger partial charge < -0.3 is 10.4 Å². The van der Waals surface area contributed by atoms with Crippen molar-refractivity contribution in [3.8, 4) is 0 Å². The van der Waals surface area contributed by atoms with Crippen LogP contribution in [0.3, 0.4) is 0 Å². The number of fused-ring (bicyclic) bond motifs is 1. The highest BCUT2D eigenvalue weighted by atomic mass is 16.3. The van der Waals surface area contributed by atoms with Crippen LogP contribution in [0, 0.1) is 17.8 Å². The van der Waals surface area contributed by atoms with Gasteiger partial charge in [0.1, 0.15) is 0 Å². The van der Waals surface area contributed by atoms with Gasteiger partial charge in [-0.1, -0.05) is 0 Å². The van der Waals surface area contributed by atoms with E-state index < -0.39 is 0 Å². The summed E-state index contributed by atoms with van der Waals surface area (Å²) in [6.07, 6.45) is 1.74. The molecule has 0 aromatic carbocycles. The van der Waals surface area contributed by atoms with Crippen molar-refractivity contribution in [3.05, 3.63) is 0 Å². The molecule has 0 radical (unpaired) electrons. The number of hydrogen-bond acceptors (Lipinski definition) is 2. The lowest BCUT2D eigenvalue weighted by Gasteiger charge is -2.21. The summed E-state index contributed by atoms with van der Waals surface area (Å²) < 4.78 is 0. The zero-order valence-electron chi connectivity index (χ0n) is 6.16. The van der Waals surface area contributed by atoms with Crippen molar-refractivity contribution in [2.24, 2.45) is 17.8 Å². The first-order valence-electron chi connectivity index (χ1n) is 4.26. The highest BCUT2D eigenvalue weighted by molar-refractivity contribution is 5.83. The highest BCUT2D eigenvalue weighted by Crippen LogP contribution is 2.51. The van der Waals surface area contributed by atoms with Gasteiger partial charge in [0.05, 0.1) is 12.1 Å². The molecule has 1 heterocycles. The van der Waals surface area contributed by atoms with E-state index >= 15 is 0 Å². The lowest BCUT2D eigenvalue weighted by atomic mass is 9.88. The van der Waals surface area contributed by atoms with Crippen LogP contribution in [0.4, 0.5) is 0 Å². The number of aliphatic hydroxyl groups is 1. The number of amides is 1. The smallest absolute Gasteiger partial charge is 0.223 e. The fourth-order valence-corrected chi connectivity index (χ4v) is 3.10. The van der Waals surface area contributed by atoms with Crippen molar-refractivity contribution in [3.63, 3.8) is 0 Å². The molecule has 60 valence electrons. The van der Waals surface area contributed by atoms with Gasteiger partial charge in [-0.25, -0.2) is 0 Å². The summed E-state index contributed by atoms with van der Waals surface area (Å²) in [7, 11) is 0. The number of aliphatic hydroxyl groups excluding tert-OH is 1. The Morgan fingerprint density at radius 2 is 2.27 bits per heavy atom. The SMILES string of the molecule is O=C1NC2C(O)C3CC1C2C3. The van der Waals surface area contributed by atoms with Crippen molar-refractivity contribution < 1.29 is 9.90 Å². The average Bonchev–Trinajstić information content (AvgIpc) is 2.53. The van der Waals surface area contributed by atoms with Gasteiger partial charge >= 0.3 is 0 Å².